The van der Waals surface area contributed by atoms with Crippen molar-refractivity contribution in [3.8, 4) is 11.5 Å². The Kier molecular flexibility index (Phi) is 18.7. The van der Waals surface area contributed by atoms with E-state index in [2.05, 4.69) is 133 Å². The molecule has 0 aromatic heterocycles. The Labute approximate surface area is 296 Å². The second-order valence-electron chi connectivity index (χ2n) is 12.9. The van der Waals surface area contributed by atoms with Gasteiger partial charge in [-0.3, -0.25) is 0 Å². The molecule has 0 heterocycles. The topological polar surface area (TPSA) is 40.5 Å². The molecule has 0 bridgehead atoms. The molecule has 0 spiro atoms. The predicted octanol–water partition coefficient (Wildman–Crippen LogP) is 11.6. The fraction of sp³-hybridized carbons (Fsp3) is 0.238. The van der Waals surface area contributed by atoms with Gasteiger partial charge in [-0.1, -0.05) is 89.1 Å². The molecule has 6 aromatic carbocycles. The van der Waals surface area contributed by atoms with Crippen molar-refractivity contribution in [2.75, 3.05) is 0 Å². The van der Waals surface area contributed by atoms with E-state index in [-0.39, 0.29) is 25.7 Å². The van der Waals surface area contributed by atoms with Gasteiger partial charge in [-0.2, -0.15) is 35.0 Å². The minimum absolute atomic E-state index is 0. The number of aryl methyl sites for hydroxylation is 2. The number of benzene rings is 4. The van der Waals surface area contributed by atoms with E-state index in [1.54, 1.807) is 12.1 Å². The minimum Gasteiger partial charge on any atom is -0.168 e. The molecule has 0 aliphatic carbocycles. The van der Waals surface area contributed by atoms with Crippen LogP contribution in [0.1, 0.15) is 63.8 Å². The molecule has 0 atom stereocenters. The summed E-state index contributed by atoms with van der Waals surface area (Å²) in [5, 5.41) is 24.5. The average molecular weight is 708 g/mol. The molecule has 4 heteroatoms. The molecule has 2 N–H and O–H groups in total. The zero-order chi connectivity index (χ0) is 32.9. The fourth-order valence-electron chi connectivity index (χ4n) is 4.64. The average Bonchev–Trinajstić information content (AvgIpc) is 3.66. The van der Waals surface area contributed by atoms with Crippen LogP contribution in [-0.2, 0) is 34.2 Å². The van der Waals surface area contributed by atoms with Crippen LogP contribution in [0.2, 0.25) is 0 Å². The van der Waals surface area contributed by atoms with E-state index in [0.717, 1.165) is 11.1 Å². The third-order valence-corrected chi connectivity index (χ3v) is 7.02. The molecule has 6 aromatic rings. The van der Waals surface area contributed by atoms with Crippen molar-refractivity contribution in [2.24, 2.45) is 0 Å². The molecule has 0 fully saturated rings. The molecule has 0 amide bonds. The van der Waals surface area contributed by atoms with Gasteiger partial charge in [-0.25, -0.2) is 0 Å². The van der Waals surface area contributed by atoms with Crippen LogP contribution < -0.4 is 0 Å². The van der Waals surface area contributed by atoms with Crippen LogP contribution in [0.4, 0.5) is 0 Å². The van der Waals surface area contributed by atoms with Crippen molar-refractivity contribution in [2.45, 2.75) is 66.2 Å². The van der Waals surface area contributed by atoms with E-state index in [9.17, 15) is 10.2 Å². The van der Waals surface area contributed by atoms with Gasteiger partial charge >= 0.3 is 30.2 Å². The van der Waals surface area contributed by atoms with Crippen LogP contribution in [0.15, 0.2) is 121 Å². The summed E-state index contributed by atoms with van der Waals surface area (Å²) in [7, 11) is 0. The summed E-state index contributed by atoms with van der Waals surface area (Å²) < 4.78 is 0. The van der Waals surface area contributed by atoms with Crippen molar-refractivity contribution < 1.29 is 33.5 Å². The minimum atomic E-state index is 0. The quantitative estimate of drug-likeness (QED) is 0.122. The van der Waals surface area contributed by atoms with Crippen molar-refractivity contribution in [1.29, 1.82) is 0 Å². The number of phenols is 2. The third kappa shape index (κ3) is 13.7. The molecular weight excluding hydrogens is 656 g/mol. The van der Waals surface area contributed by atoms with E-state index in [1.807, 2.05) is 38.1 Å². The zero-order valence-electron chi connectivity index (χ0n) is 29.4. The van der Waals surface area contributed by atoms with Gasteiger partial charge in [0.1, 0.15) is 11.5 Å². The first-order valence-electron chi connectivity index (χ1n) is 14.8. The van der Waals surface area contributed by atoms with Crippen LogP contribution >= 0.6 is 0 Å². The maximum Gasteiger partial charge on any atom is -0.0809 e. The fourth-order valence-corrected chi connectivity index (χ4v) is 4.64. The van der Waals surface area contributed by atoms with Crippen molar-refractivity contribution in [3.63, 3.8) is 0 Å². The Balaban J connectivity index is 0.000000571. The molecule has 244 valence electrons. The monoisotopic (exact) mass is 706 g/mol. The van der Waals surface area contributed by atoms with Gasteiger partial charge in [-0.05, 0) is 47.9 Å². The van der Waals surface area contributed by atoms with Gasteiger partial charge in [0, 0.05) is 0 Å². The van der Waals surface area contributed by atoms with Crippen molar-refractivity contribution in [3.05, 3.63) is 158 Å². The van der Waals surface area contributed by atoms with Crippen LogP contribution in [0.25, 0.3) is 21.5 Å². The molecular formula is C42H52O2SiZr-4. The Hall–Kier alpha value is -3.20. The molecule has 0 aliphatic rings. The van der Waals surface area contributed by atoms with Crippen LogP contribution in [0.5, 0.6) is 11.5 Å². The number of hydrogen-bond acceptors (Lipinski definition) is 2. The predicted molar refractivity (Wildman–Crippen MR) is 201 cm³/mol. The first kappa shape index (κ1) is 42.8. The maximum absolute atomic E-state index is 9.57. The second-order valence-corrected chi connectivity index (χ2v) is 12.9. The van der Waals surface area contributed by atoms with Gasteiger partial charge in [0.15, 0.2) is 0 Å². The van der Waals surface area contributed by atoms with Crippen molar-refractivity contribution >= 4 is 28.4 Å². The number of fused-ring (bicyclic) bond motifs is 2. The Bertz CT molecular complexity index is 1530. The van der Waals surface area contributed by atoms with E-state index >= 15 is 0 Å². The van der Waals surface area contributed by atoms with E-state index in [0.29, 0.717) is 11.5 Å². The maximum atomic E-state index is 9.57. The first-order valence-corrected chi connectivity index (χ1v) is 19.0. The SMILES string of the molecule is Cc1ccc(O)c(C(C)(C)C)c1.Cc1ccc(O)c(C(C)(C)C)c1.[CH3-].[CH3-].[Si]=[Zr].c1ccc2[cH-]ccc2c1.c1ccc2[cH-]ccc2c1. The Morgan fingerprint density at radius 3 is 1.13 bits per heavy atom. The summed E-state index contributed by atoms with van der Waals surface area (Å²) >= 11 is 1.36. The van der Waals surface area contributed by atoms with E-state index in [1.165, 1.54) is 56.0 Å². The van der Waals surface area contributed by atoms with Crippen LogP contribution in [-0.4, -0.2) is 17.1 Å². The summed E-state index contributed by atoms with van der Waals surface area (Å²) in [6.45, 7) is 19.7. The summed E-state index contributed by atoms with van der Waals surface area (Å²) in [5.74, 6) is 0.793. The summed E-state index contributed by atoms with van der Waals surface area (Å²) in [5.41, 5.74) is 4.46. The van der Waals surface area contributed by atoms with Crippen LogP contribution in [0.3, 0.4) is 0 Å². The molecule has 46 heavy (non-hydrogen) atoms. The molecule has 6 rings (SSSR count). The van der Waals surface area contributed by atoms with E-state index in [4.69, 9.17) is 0 Å². The Morgan fingerprint density at radius 1 is 0.522 bits per heavy atom. The summed E-state index contributed by atoms with van der Waals surface area (Å²) in [4.78, 5) is 0. The molecule has 2 nitrogen and oxygen atoms in total. The molecule has 0 saturated carbocycles. The molecule has 0 aliphatic heterocycles. The van der Waals surface area contributed by atoms with Crippen LogP contribution in [0, 0.1) is 28.7 Å². The normalized spacial score (nSPS) is 10.2. The van der Waals surface area contributed by atoms with Gasteiger partial charge in [0.2, 0.25) is 0 Å². The Morgan fingerprint density at radius 2 is 0.848 bits per heavy atom. The number of phenolic OH excluding ortho intramolecular Hbond substituents is 2. The molecule has 2 radical (unpaired) electrons. The summed E-state index contributed by atoms with van der Waals surface area (Å²) in [6, 6.07) is 40.8. The summed E-state index contributed by atoms with van der Waals surface area (Å²) in [6.07, 6.45) is 0. The standard InChI is InChI=1S/2C11H16O.2C9H7.2CH3.Si.Zr/c2*1-8-5-6-10(12)9(7-8)11(2,3)4;2*1-2-5-9-7-3-6-8(9)4-1;;;;/h2*5-7,12H,1-4H3;2*1-7H;2*1H3;;/q;;4*-1;;. The number of aromatic hydroxyl groups is 2. The van der Waals surface area contributed by atoms with Gasteiger partial charge < -0.3 is 25.1 Å². The second kappa shape index (κ2) is 20.1. The molecule has 0 unspecified atom stereocenters. The van der Waals surface area contributed by atoms with Gasteiger partial charge in [0.05, 0.1) is 0 Å². The van der Waals surface area contributed by atoms with Gasteiger partial charge in [0.25, 0.3) is 0 Å². The van der Waals surface area contributed by atoms with Gasteiger partial charge in [-0.15, -0.1) is 59.3 Å². The smallest absolute Gasteiger partial charge is 0.0809 e. The number of hydrogen-bond donors (Lipinski definition) is 2. The van der Waals surface area contributed by atoms with Crippen molar-refractivity contribution in [1.82, 2.24) is 0 Å². The largest absolute Gasteiger partial charge is 0.168 e. The third-order valence-electron chi connectivity index (χ3n) is 7.02. The first-order chi connectivity index (χ1) is 20.8. The number of rotatable bonds is 0. The van der Waals surface area contributed by atoms with E-state index < -0.39 is 0 Å². The molecule has 0 saturated heterocycles. The zero-order valence-corrected chi connectivity index (χ0v) is 32.9.